The van der Waals surface area contributed by atoms with E-state index in [1.54, 1.807) is 41.6 Å². The summed E-state index contributed by atoms with van der Waals surface area (Å²) in [5.41, 5.74) is 2.93. The Morgan fingerprint density at radius 2 is 1.86 bits per heavy atom. The molecule has 1 N–H and O–H groups in total. The molecule has 1 aromatic carbocycles. The molecule has 1 aromatic heterocycles. The number of hydrogen-bond acceptors (Lipinski definition) is 6. The lowest BCUT2D eigenvalue weighted by Gasteiger charge is -2.47. The monoisotopic (exact) mass is 505 g/mol. The minimum Gasteiger partial charge on any atom is -0.457 e. The lowest BCUT2D eigenvalue weighted by atomic mass is 9.82. The maximum atomic E-state index is 13.2. The van der Waals surface area contributed by atoms with Crippen LogP contribution in [-0.4, -0.2) is 54.7 Å². The molecule has 0 radical (unpaired) electrons. The second kappa shape index (κ2) is 10.2. The van der Waals surface area contributed by atoms with Crippen molar-refractivity contribution in [1.29, 1.82) is 0 Å². The lowest BCUT2D eigenvalue weighted by molar-refractivity contribution is -0.161. The Kier molecular flexibility index (Phi) is 7.23. The highest BCUT2D eigenvalue weighted by molar-refractivity contribution is 6.69. The van der Waals surface area contributed by atoms with E-state index < -0.39 is 14.3 Å². The van der Waals surface area contributed by atoms with E-state index in [1.165, 1.54) is 6.08 Å². The molecule has 2 aliphatic rings. The largest absolute Gasteiger partial charge is 0.457 e. The fourth-order valence-corrected chi connectivity index (χ4v) is 6.06. The van der Waals surface area contributed by atoms with E-state index in [4.69, 9.17) is 9.16 Å². The van der Waals surface area contributed by atoms with E-state index in [-0.39, 0.29) is 42.2 Å². The third-order valence-electron chi connectivity index (χ3n) is 6.21. The third-order valence-corrected chi connectivity index (χ3v) is 7.29. The molecule has 0 aliphatic carbocycles. The smallest absolute Gasteiger partial charge is 0.355 e. The Balaban J connectivity index is 1.58. The van der Waals surface area contributed by atoms with E-state index >= 15 is 0 Å². The number of aromatic nitrogens is 1. The standard InChI is InChI=1S/C27H31N3O5Si/c1-6-15-34-27(33)24-21(16-22-23(26(32)30(22)24)17(2)35-36(3,4)5)18-7-9-20(10-8-18)29-25(31)19-11-13-28-14-12-19/h6-14,17,22-23H,1,15-16H2,2-5H3,(H,29,31)/t17-,22-,23-/m1/s1. The number of fused-ring (bicyclic) bond motifs is 1. The average Bonchev–Trinajstić information content (AvgIpc) is 3.17. The summed E-state index contributed by atoms with van der Waals surface area (Å²) in [5, 5.41) is 2.86. The van der Waals surface area contributed by atoms with Gasteiger partial charge in [0.2, 0.25) is 5.91 Å². The van der Waals surface area contributed by atoms with Crippen molar-refractivity contribution in [2.45, 2.75) is 45.1 Å². The molecule has 3 atom stereocenters. The first kappa shape index (κ1) is 25.5. The van der Waals surface area contributed by atoms with Crippen molar-refractivity contribution in [3.8, 4) is 0 Å². The van der Waals surface area contributed by atoms with E-state index in [0.29, 0.717) is 17.7 Å². The summed E-state index contributed by atoms with van der Waals surface area (Å²) in [5.74, 6) is -1.22. The van der Waals surface area contributed by atoms with E-state index in [9.17, 15) is 14.4 Å². The number of hydrogen-bond donors (Lipinski definition) is 1. The van der Waals surface area contributed by atoms with Crippen LogP contribution in [0.25, 0.3) is 5.57 Å². The molecule has 2 aliphatic heterocycles. The van der Waals surface area contributed by atoms with Crippen molar-refractivity contribution in [1.82, 2.24) is 9.88 Å². The quantitative estimate of drug-likeness (QED) is 0.237. The molecule has 4 rings (SSSR count). The molecular weight excluding hydrogens is 474 g/mol. The van der Waals surface area contributed by atoms with Gasteiger partial charge in [-0.05, 0) is 68.4 Å². The van der Waals surface area contributed by atoms with Gasteiger partial charge in [0.15, 0.2) is 8.32 Å². The molecule has 1 saturated heterocycles. The van der Waals surface area contributed by atoms with Gasteiger partial charge in [-0.15, -0.1) is 0 Å². The van der Waals surface area contributed by atoms with Gasteiger partial charge in [-0.2, -0.15) is 0 Å². The van der Waals surface area contributed by atoms with E-state index in [2.05, 4.69) is 36.5 Å². The van der Waals surface area contributed by atoms with Crippen molar-refractivity contribution in [2.75, 3.05) is 11.9 Å². The summed E-state index contributed by atoms with van der Waals surface area (Å²) in [7, 11) is -1.85. The SMILES string of the molecule is C=CCOC(=O)C1=C(c2ccc(NC(=O)c3ccncc3)cc2)C[C@@H]2[C@@H]([C@@H](C)O[Si](C)(C)C)C(=O)N12. The summed E-state index contributed by atoms with van der Waals surface area (Å²) in [6, 6.07) is 10.4. The normalized spacial score (nSPS) is 19.9. The zero-order chi connectivity index (χ0) is 26.0. The Morgan fingerprint density at radius 3 is 2.47 bits per heavy atom. The van der Waals surface area contributed by atoms with Gasteiger partial charge >= 0.3 is 5.97 Å². The molecule has 0 saturated carbocycles. The van der Waals surface area contributed by atoms with E-state index in [0.717, 1.165) is 11.1 Å². The number of carbonyl (C=O) groups is 3. The summed E-state index contributed by atoms with van der Waals surface area (Å²) < 4.78 is 11.5. The summed E-state index contributed by atoms with van der Waals surface area (Å²) in [6.07, 6.45) is 4.91. The number of esters is 1. The van der Waals surface area contributed by atoms with Crippen LogP contribution < -0.4 is 5.32 Å². The first-order chi connectivity index (χ1) is 17.1. The van der Waals surface area contributed by atoms with Gasteiger partial charge in [-0.3, -0.25) is 14.6 Å². The molecular formula is C27H31N3O5Si. The van der Waals surface area contributed by atoms with Crippen molar-refractivity contribution >= 4 is 37.4 Å². The van der Waals surface area contributed by atoms with Crippen LogP contribution in [0, 0.1) is 5.92 Å². The number of ether oxygens (including phenoxy) is 1. The highest BCUT2D eigenvalue weighted by Crippen LogP contribution is 2.48. The van der Waals surface area contributed by atoms with Crippen LogP contribution in [0.1, 0.15) is 29.3 Å². The first-order valence-corrected chi connectivity index (χ1v) is 15.4. The number of anilines is 1. The second-order valence-corrected chi connectivity index (χ2v) is 14.4. The van der Waals surface area contributed by atoms with Gasteiger partial charge in [-0.1, -0.05) is 24.8 Å². The second-order valence-electron chi connectivity index (χ2n) is 9.92. The Labute approximate surface area is 212 Å². The molecule has 2 amide bonds. The predicted octanol–water partition coefficient (Wildman–Crippen LogP) is 4.24. The molecule has 0 spiro atoms. The first-order valence-electron chi connectivity index (χ1n) is 11.9. The topological polar surface area (TPSA) is 97.8 Å². The molecule has 3 heterocycles. The molecule has 9 heteroatoms. The van der Waals surface area contributed by atoms with Crippen LogP contribution in [0.2, 0.25) is 19.6 Å². The van der Waals surface area contributed by atoms with Gasteiger partial charge in [0, 0.05) is 23.6 Å². The van der Waals surface area contributed by atoms with Crippen LogP contribution in [0.4, 0.5) is 5.69 Å². The average molecular weight is 506 g/mol. The third kappa shape index (κ3) is 5.17. The molecule has 36 heavy (non-hydrogen) atoms. The van der Waals surface area contributed by atoms with Crippen molar-refractivity contribution < 1.29 is 23.5 Å². The summed E-state index contributed by atoms with van der Waals surface area (Å²) in [4.78, 5) is 44.1. The van der Waals surface area contributed by atoms with Gasteiger partial charge < -0.3 is 19.4 Å². The lowest BCUT2D eigenvalue weighted by Crippen LogP contribution is -2.63. The van der Waals surface area contributed by atoms with Crippen LogP contribution in [0.5, 0.6) is 0 Å². The zero-order valence-corrected chi connectivity index (χ0v) is 22.0. The number of nitrogens with zero attached hydrogens (tertiary/aromatic N) is 2. The van der Waals surface area contributed by atoms with Gasteiger partial charge in [0.05, 0.1) is 18.1 Å². The molecule has 0 unspecified atom stereocenters. The number of pyridine rings is 1. The molecule has 0 bridgehead atoms. The number of nitrogens with one attached hydrogen (secondary N) is 1. The van der Waals surface area contributed by atoms with Crippen LogP contribution in [0.15, 0.2) is 67.1 Å². The van der Waals surface area contributed by atoms with Crippen molar-refractivity contribution in [3.05, 3.63) is 78.3 Å². The fraction of sp³-hybridized carbons (Fsp3) is 0.333. The minimum absolute atomic E-state index is 0.0564. The number of benzene rings is 1. The predicted molar refractivity (Wildman–Crippen MR) is 139 cm³/mol. The Hall–Kier alpha value is -3.56. The molecule has 2 aromatic rings. The number of carbonyl (C=O) groups excluding carboxylic acids is 3. The van der Waals surface area contributed by atoms with Crippen molar-refractivity contribution in [3.63, 3.8) is 0 Å². The Morgan fingerprint density at radius 1 is 1.19 bits per heavy atom. The Bertz CT molecular complexity index is 1200. The summed E-state index contributed by atoms with van der Waals surface area (Å²) >= 11 is 0. The summed E-state index contributed by atoms with van der Waals surface area (Å²) in [6.45, 7) is 11.9. The zero-order valence-electron chi connectivity index (χ0n) is 21.0. The maximum Gasteiger partial charge on any atom is 0.355 e. The van der Waals surface area contributed by atoms with Crippen molar-refractivity contribution in [2.24, 2.45) is 5.92 Å². The molecule has 188 valence electrons. The highest BCUT2D eigenvalue weighted by atomic mass is 28.4. The van der Waals surface area contributed by atoms with Crippen LogP contribution in [0.3, 0.4) is 0 Å². The molecule has 8 nitrogen and oxygen atoms in total. The minimum atomic E-state index is -1.85. The van der Waals surface area contributed by atoms with Crippen LogP contribution >= 0.6 is 0 Å². The van der Waals surface area contributed by atoms with Gasteiger partial charge in [-0.25, -0.2) is 4.79 Å². The van der Waals surface area contributed by atoms with E-state index in [1.807, 2.05) is 19.1 Å². The maximum absolute atomic E-state index is 13.2. The number of rotatable bonds is 9. The fourth-order valence-electron chi connectivity index (χ4n) is 4.80. The number of β-lactam (4-membered cyclic amide) rings is 1. The molecule has 1 fully saturated rings. The van der Waals surface area contributed by atoms with Gasteiger partial charge in [0.25, 0.3) is 5.91 Å². The number of amides is 2. The highest BCUT2D eigenvalue weighted by Gasteiger charge is 2.57. The van der Waals surface area contributed by atoms with Crippen LogP contribution in [-0.2, 0) is 18.8 Å². The van der Waals surface area contributed by atoms with Gasteiger partial charge in [0.1, 0.15) is 12.3 Å².